The average molecular weight is 274 g/mol. The van der Waals surface area contributed by atoms with Gasteiger partial charge in [-0.15, -0.1) is 0 Å². The van der Waals surface area contributed by atoms with E-state index in [0.29, 0.717) is 12.2 Å². The highest BCUT2D eigenvalue weighted by atomic mass is 16.5. The van der Waals surface area contributed by atoms with E-state index in [0.717, 1.165) is 36.0 Å². The number of benzene rings is 1. The minimum absolute atomic E-state index is 0.259. The minimum Gasteiger partial charge on any atom is -0.496 e. The minimum atomic E-state index is 0.259. The van der Waals surface area contributed by atoms with Gasteiger partial charge in [0.05, 0.1) is 7.11 Å². The van der Waals surface area contributed by atoms with Crippen molar-refractivity contribution in [2.45, 2.75) is 46.0 Å². The Kier molecular flexibility index (Phi) is 5.22. The van der Waals surface area contributed by atoms with Crippen LogP contribution in [0.3, 0.4) is 0 Å². The fourth-order valence-electron chi connectivity index (χ4n) is 3.29. The lowest BCUT2D eigenvalue weighted by Crippen LogP contribution is -2.25. The summed E-state index contributed by atoms with van der Waals surface area (Å²) in [5.41, 5.74) is 1.02. The highest BCUT2D eigenvalue weighted by molar-refractivity contribution is 5.83. The van der Waals surface area contributed by atoms with Crippen molar-refractivity contribution in [1.82, 2.24) is 0 Å². The first-order chi connectivity index (χ1) is 9.61. The summed E-state index contributed by atoms with van der Waals surface area (Å²) >= 11 is 0. The monoisotopic (exact) mass is 274 g/mol. The first-order valence-electron chi connectivity index (χ1n) is 7.76. The standard InChI is InChI=1S/C18H26O2/c1-13(2)14-8-10-15(11-9-14)17(19)12-16-6-4-5-7-18(16)20-3/h4-7,13-15H,8-12H2,1-3H3. The molecule has 0 saturated heterocycles. The number of rotatable bonds is 5. The summed E-state index contributed by atoms with van der Waals surface area (Å²) in [7, 11) is 1.66. The van der Waals surface area contributed by atoms with Crippen LogP contribution in [0.25, 0.3) is 0 Å². The third kappa shape index (κ3) is 3.62. The Morgan fingerprint density at radius 1 is 1.20 bits per heavy atom. The van der Waals surface area contributed by atoms with Crippen LogP contribution in [-0.2, 0) is 11.2 Å². The van der Waals surface area contributed by atoms with Gasteiger partial charge < -0.3 is 4.74 Å². The van der Waals surface area contributed by atoms with E-state index in [1.165, 1.54) is 12.8 Å². The van der Waals surface area contributed by atoms with Crippen LogP contribution in [0.1, 0.15) is 45.1 Å². The molecule has 0 atom stereocenters. The second-order valence-electron chi connectivity index (χ2n) is 6.31. The lowest BCUT2D eigenvalue weighted by molar-refractivity contribution is -0.123. The fourth-order valence-corrected chi connectivity index (χ4v) is 3.29. The second kappa shape index (κ2) is 6.92. The van der Waals surface area contributed by atoms with Gasteiger partial charge in [-0.1, -0.05) is 32.0 Å². The number of methoxy groups -OCH3 is 1. The molecule has 0 spiro atoms. The number of Topliss-reactive ketones (excluding diaryl/α,β-unsaturated/α-hetero) is 1. The Balaban J connectivity index is 1.93. The maximum atomic E-state index is 12.5. The lowest BCUT2D eigenvalue weighted by atomic mass is 9.75. The Morgan fingerprint density at radius 2 is 1.85 bits per heavy atom. The molecule has 0 aliphatic heterocycles. The van der Waals surface area contributed by atoms with Gasteiger partial charge in [-0.25, -0.2) is 0 Å². The van der Waals surface area contributed by atoms with E-state index >= 15 is 0 Å². The van der Waals surface area contributed by atoms with E-state index in [9.17, 15) is 4.79 Å². The van der Waals surface area contributed by atoms with Gasteiger partial charge in [0.25, 0.3) is 0 Å². The number of hydrogen-bond donors (Lipinski definition) is 0. The van der Waals surface area contributed by atoms with Gasteiger partial charge in [0.2, 0.25) is 0 Å². The van der Waals surface area contributed by atoms with E-state index in [1.54, 1.807) is 7.11 Å². The molecule has 1 aliphatic rings. The topological polar surface area (TPSA) is 26.3 Å². The number of ether oxygens (including phenoxy) is 1. The van der Waals surface area contributed by atoms with Crippen LogP contribution in [0.4, 0.5) is 0 Å². The van der Waals surface area contributed by atoms with Crippen molar-refractivity contribution in [2.75, 3.05) is 7.11 Å². The zero-order valence-corrected chi connectivity index (χ0v) is 12.9. The number of carbonyl (C=O) groups is 1. The first-order valence-corrected chi connectivity index (χ1v) is 7.76. The molecule has 2 nitrogen and oxygen atoms in total. The average Bonchev–Trinajstić information content (AvgIpc) is 2.48. The predicted octanol–water partition coefficient (Wildman–Crippen LogP) is 4.27. The van der Waals surface area contributed by atoms with Crippen molar-refractivity contribution in [3.8, 4) is 5.75 Å². The molecule has 1 saturated carbocycles. The molecule has 0 bridgehead atoms. The number of para-hydroxylation sites is 1. The van der Waals surface area contributed by atoms with E-state index < -0.39 is 0 Å². The van der Waals surface area contributed by atoms with Gasteiger partial charge in [-0.2, -0.15) is 0 Å². The fraction of sp³-hybridized carbons (Fsp3) is 0.611. The predicted molar refractivity (Wildman–Crippen MR) is 82.0 cm³/mol. The molecule has 0 amide bonds. The van der Waals surface area contributed by atoms with Crippen LogP contribution in [0.5, 0.6) is 5.75 Å². The van der Waals surface area contributed by atoms with Gasteiger partial charge in [0, 0.05) is 17.9 Å². The van der Waals surface area contributed by atoms with Crippen LogP contribution in [0, 0.1) is 17.8 Å². The summed E-state index contributed by atoms with van der Waals surface area (Å²) in [4.78, 5) is 12.5. The smallest absolute Gasteiger partial charge is 0.140 e. The van der Waals surface area contributed by atoms with E-state index in [4.69, 9.17) is 4.74 Å². The summed E-state index contributed by atoms with van der Waals surface area (Å²) in [5, 5.41) is 0. The number of carbonyl (C=O) groups excluding carboxylic acids is 1. The molecule has 0 radical (unpaired) electrons. The normalized spacial score (nSPS) is 22.8. The molecule has 110 valence electrons. The SMILES string of the molecule is COc1ccccc1CC(=O)C1CCC(C(C)C)CC1. The maximum Gasteiger partial charge on any atom is 0.140 e. The van der Waals surface area contributed by atoms with Crippen molar-refractivity contribution in [1.29, 1.82) is 0 Å². The van der Waals surface area contributed by atoms with Crippen molar-refractivity contribution in [3.63, 3.8) is 0 Å². The van der Waals surface area contributed by atoms with Gasteiger partial charge in [0.1, 0.15) is 11.5 Å². The molecule has 1 aromatic rings. The third-order valence-electron chi connectivity index (χ3n) is 4.73. The molecule has 0 N–H and O–H groups in total. The molecule has 1 aromatic carbocycles. The molecule has 1 aliphatic carbocycles. The van der Waals surface area contributed by atoms with Crippen molar-refractivity contribution >= 4 is 5.78 Å². The molecular weight excluding hydrogens is 248 g/mol. The molecule has 20 heavy (non-hydrogen) atoms. The molecular formula is C18H26O2. The number of ketones is 1. The van der Waals surface area contributed by atoms with Crippen LogP contribution in [-0.4, -0.2) is 12.9 Å². The van der Waals surface area contributed by atoms with Crippen LogP contribution < -0.4 is 4.74 Å². The Hall–Kier alpha value is -1.31. The molecule has 2 rings (SSSR count). The van der Waals surface area contributed by atoms with Crippen molar-refractivity contribution < 1.29 is 9.53 Å². The summed E-state index contributed by atoms with van der Waals surface area (Å²) in [6.07, 6.45) is 5.06. The first kappa shape index (κ1) is 15.1. The Bertz CT molecular complexity index is 442. The van der Waals surface area contributed by atoms with E-state index in [-0.39, 0.29) is 5.92 Å². The zero-order valence-electron chi connectivity index (χ0n) is 12.9. The lowest BCUT2D eigenvalue weighted by Gasteiger charge is -2.30. The zero-order chi connectivity index (χ0) is 14.5. The Morgan fingerprint density at radius 3 is 2.45 bits per heavy atom. The summed E-state index contributed by atoms with van der Waals surface area (Å²) in [6.45, 7) is 4.59. The van der Waals surface area contributed by atoms with E-state index in [2.05, 4.69) is 13.8 Å². The van der Waals surface area contributed by atoms with Gasteiger partial charge >= 0.3 is 0 Å². The largest absolute Gasteiger partial charge is 0.496 e. The quantitative estimate of drug-likeness (QED) is 0.801. The highest BCUT2D eigenvalue weighted by Gasteiger charge is 2.27. The molecule has 2 heteroatoms. The molecule has 0 unspecified atom stereocenters. The van der Waals surface area contributed by atoms with Crippen molar-refractivity contribution in [3.05, 3.63) is 29.8 Å². The van der Waals surface area contributed by atoms with Gasteiger partial charge in [-0.05, 0) is 43.6 Å². The molecule has 1 fully saturated rings. The van der Waals surface area contributed by atoms with Gasteiger partial charge in [0.15, 0.2) is 0 Å². The maximum absolute atomic E-state index is 12.5. The number of hydrogen-bond acceptors (Lipinski definition) is 2. The summed E-state index contributed by atoms with van der Waals surface area (Å²) in [5.74, 6) is 3.04. The van der Waals surface area contributed by atoms with Gasteiger partial charge in [-0.3, -0.25) is 4.79 Å². The molecule has 0 heterocycles. The third-order valence-corrected chi connectivity index (χ3v) is 4.73. The van der Waals surface area contributed by atoms with Crippen LogP contribution in [0.15, 0.2) is 24.3 Å². The van der Waals surface area contributed by atoms with Crippen LogP contribution >= 0.6 is 0 Å². The second-order valence-corrected chi connectivity index (χ2v) is 6.31. The summed E-state index contributed by atoms with van der Waals surface area (Å²) < 4.78 is 5.33. The Labute approximate surface area is 122 Å². The van der Waals surface area contributed by atoms with Crippen LogP contribution in [0.2, 0.25) is 0 Å². The molecule has 0 aromatic heterocycles. The van der Waals surface area contributed by atoms with E-state index in [1.807, 2.05) is 24.3 Å². The summed E-state index contributed by atoms with van der Waals surface area (Å²) in [6, 6.07) is 7.84. The highest BCUT2D eigenvalue weighted by Crippen LogP contribution is 2.34. The van der Waals surface area contributed by atoms with Crippen molar-refractivity contribution in [2.24, 2.45) is 17.8 Å².